The minimum absolute atomic E-state index is 0.0892. The Balaban J connectivity index is 1.23. The third kappa shape index (κ3) is 4.52. The molecule has 1 aromatic rings. The Morgan fingerprint density at radius 3 is 2.48 bits per heavy atom. The van der Waals surface area contributed by atoms with E-state index in [1.165, 1.54) is 25.7 Å². The predicted molar refractivity (Wildman–Crippen MR) is 98.8 cm³/mol. The second kappa shape index (κ2) is 8.02. The van der Waals surface area contributed by atoms with Crippen molar-refractivity contribution in [2.24, 2.45) is 0 Å². The molecule has 3 fully saturated rings. The van der Waals surface area contributed by atoms with Crippen LogP contribution in [0.4, 0.5) is 5.82 Å². The van der Waals surface area contributed by atoms with E-state index in [9.17, 15) is 0 Å². The van der Waals surface area contributed by atoms with Crippen LogP contribution in [0.25, 0.3) is 0 Å². The first-order chi connectivity index (χ1) is 12.3. The summed E-state index contributed by atoms with van der Waals surface area (Å²) in [5, 5.41) is 7.53. The lowest BCUT2D eigenvalue weighted by atomic mass is 9.83. The van der Waals surface area contributed by atoms with Gasteiger partial charge in [0, 0.05) is 44.1 Å². The molecule has 1 saturated carbocycles. The highest BCUT2D eigenvalue weighted by Gasteiger charge is 2.39. The van der Waals surface area contributed by atoms with Gasteiger partial charge in [0.05, 0.1) is 5.60 Å². The van der Waals surface area contributed by atoms with Crippen LogP contribution in [0, 0.1) is 0 Å². The number of hydrogen-bond acceptors (Lipinski definition) is 5. The molecule has 1 aliphatic carbocycles. The van der Waals surface area contributed by atoms with Crippen molar-refractivity contribution in [3.8, 4) is 0 Å². The number of nitrogens with one attached hydrogen (secondary N) is 2. The van der Waals surface area contributed by atoms with E-state index in [-0.39, 0.29) is 5.60 Å². The van der Waals surface area contributed by atoms with Gasteiger partial charge in [-0.05, 0) is 63.5 Å². The third-order valence-corrected chi connectivity index (χ3v) is 6.11. The molecule has 4 rings (SSSR count). The van der Waals surface area contributed by atoms with Crippen LogP contribution in [0.2, 0.25) is 0 Å². The van der Waals surface area contributed by atoms with Gasteiger partial charge in [-0.1, -0.05) is 6.07 Å². The first kappa shape index (κ1) is 17.3. The van der Waals surface area contributed by atoms with Crippen LogP contribution in [0.5, 0.6) is 0 Å². The second-order valence-corrected chi connectivity index (χ2v) is 7.91. The molecule has 25 heavy (non-hydrogen) atoms. The molecule has 2 saturated heterocycles. The highest BCUT2D eigenvalue weighted by atomic mass is 16.5. The summed E-state index contributed by atoms with van der Waals surface area (Å²) < 4.78 is 11.7. The summed E-state index contributed by atoms with van der Waals surface area (Å²) >= 11 is 0. The number of rotatable bonds is 4. The molecule has 5 nitrogen and oxygen atoms in total. The predicted octanol–water partition coefficient (Wildman–Crippen LogP) is 3.12. The van der Waals surface area contributed by atoms with Gasteiger partial charge in [-0.2, -0.15) is 0 Å². The Labute approximate surface area is 150 Å². The number of ether oxygens (including phenoxy) is 2. The van der Waals surface area contributed by atoms with Crippen molar-refractivity contribution in [3.05, 3.63) is 24.4 Å². The average Bonchev–Trinajstić information content (AvgIpc) is 2.65. The van der Waals surface area contributed by atoms with Gasteiger partial charge in [0.2, 0.25) is 0 Å². The van der Waals surface area contributed by atoms with E-state index in [2.05, 4.69) is 21.7 Å². The van der Waals surface area contributed by atoms with Gasteiger partial charge in [0.25, 0.3) is 0 Å². The minimum atomic E-state index is 0.0892. The van der Waals surface area contributed by atoms with Gasteiger partial charge in [0.1, 0.15) is 5.82 Å². The van der Waals surface area contributed by atoms with Crippen molar-refractivity contribution < 1.29 is 9.47 Å². The van der Waals surface area contributed by atoms with Crippen LogP contribution in [0.1, 0.15) is 51.4 Å². The number of aromatic nitrogens is 1. The molecular formula is C20H31N3O2. The van der Waals surface area contributed by atoms with E-state index in [0.29, 0.717) is 18.1 Å². The smallest absolute Gasteiger partial charge is 0.126 e. The van der Waals surface area contributed by atoms with Gasteiger partial charge in [-0.3, -0.25) is 0 Å². The van der Waals surface area contributed by atoms with Gasteiger partial charge >= 0.3 is 0 Å². The van der Waals surface area contributed by atoms with E-state index in [1.54, 1.807) is 0 Å². The summed E-state index contributed by atoms with van der Waals surface area (Å²) in [5.74, 6) is 1.00. The fourth-order valence-corrected chi connectivity index (χ4v) is 4.66. The fraction of sp³-hybridized carbons (Fsp3) is 0.750. The molecule has 5 heteroatoms. The number of nitrogens with zero attached hydrogens (tertiary/aromatic N) is 1. The normalized spacial score (nSPS) is 32.4. The fourth-order valence-electron chi connectivity index (χ4n) is 4.66. The van der Waals surface area contributed by atoms with Crippen LogP contribution in [0.3, 0.4) is 0 Å². The van der Waals surface area contributed by atoms with E-state index in [1.807, 2.05) is 18.3 Å². The van der Waals surface area contributed by atoms with Gasteiger partial charge < -0.3 is 20.1 Å². The highest BCUT2D eigenvalue weighted by Crippen LogP contribution is 2.35. The van der Waals surface area contributed by atoms with Gasteiger partial charge in [0.15, 0.2) is 0 Å². The third-order valence-electron chi connectivity index (χ3n) is 6.11. The molecule has 1 spiro atoms. The Bertz CT molecular complexity index is 519. The van der Waals surface area contributed by atoms with Crippen molar-refractivity contribution >= 4 is 5.82 Å². The maximum Gasteiger partial charge on any atom is 0.126 e. The van der Waals surface area contributed by atoms with E-state index < -0.39 is 0 Å². The standard InChI is InChI=1S/C20H31N3O2/c1-2-11-21-19(3-1)23-17-6-4-16(5-7-17)22-18-8-12-25-20(15-18)9-13-24-14-10-20/h1-3,11,16-18,22H,4-10,12-15H2,(H,21,23). The van der Waals surface area contributed by atoms with E-state index in [4.69, 9.17) is 9.47 Å². The molecule has 0 amide bonds. The monoisotopic (exact) mass is 345 g/mol. The average molecular weight is 345 g/mol. The molecule has 3 aliphatic rings. The van der Waals surface area contributed by atoms with Crippen molar-refractivity contribution in [2.75, 3.05) is 25.1 Å². The Morgan fingerprint density at radius 2 is 1.72 bits per heavy atom. The van der Waals surface area contributed by atoms with E-state index >= 15 is 0 Å². The second-order valence-electron chi connectivity index (χ2n) is 7.91. The molecule has 3 heterocycles. The van der Waals surface area contributed by atoms with Gasteiger partial charge in [-0.15, -0.1) is 0 Å². The molecule has 138 valence electrons. The number of hydrogen-bond donors (Lipinski definition) is 2. The summed E-state index contributed by atoms with van der Waals surface area (Å²) in [4.78, 5) is 4.38. The molecule has 2 N–H and O–H groups in total. The molecule has 1 atom stereocenters. The first-order valence-electron chi connectivity index (χ1n) is 9.97. The SMILES string of the molecule is c1ccc(NC2CCC(NC3CCOC4(CCOCC4)C3)CC2)nc1. The Hall–Kier alpha value is -1.17. The highest BCUT2D eigenvalue weighted by molar-refractivity contribution is 5.34. The Morgan fingerprint density at radius 1 is 0.920 bits per heavy atom. The summed E-state index contributed by atoms with van der Waals surface area (Å²) in [5.41, 5.74) is 0.0892. The summed E-state index contributed by atoms with van der Waals surface area (Å²) in [6, 6.07) is 7.88. The van der Waals surface area contributed by atoms with Crippen molar-refractivity contribution in [2.45, 2.75) is 75.1 Å². The van der Waals surface area contributed by atoms with Crippen LogP contribution >= 0.6 is 0 Å². The maximum absolute atomic E-state index is 6.17. The molecule has 0 bridgehead atoms. The summed E-state index contributed by atoms with van der Waals surface area (Å²) in [6.45, 7) is 2.61. The van der Waals surface area contributed by atoms with Crippen molar-refractivity contribution in [1.29, 1.82) is 0 Å². The van der Waals surface area contributed by atoms with Crippen molar-refractivity contribution in [3.63, 3.8) is 0 Å². The quantitative estimate of drug-likeness (QED) is 0.878. The van der Waals surface area contributed by atoms with E-state index in [0.717, 1.165) is 51.3 Å². The molecule has 0 radical (unpaired) electrons. The summed E-state index contributed by atoms with van der Waals surface area (Å²) in [7, 11) is 0. The first-order valence-corrected chi connectivity index (χ1v) is 9.97. The van der Waals surface area contributed by atoms with Crippen LogP contribution in [-0.2, 0) is 9.47 Å². The Kier molecular flexibility index (Phi) is 5.54. The molecule has 1 aromatic heterocycles. The lowest BCUT2D eigenvalue weighted by molar-refractivity contribution is -0.141. The van der Waals surface area contributed by atoms with Crippen LogP contribution in [0.15, 0.2) is 24.4 Å². The number of pyridine rings is 1. The molecule has 2 aliphatic heterocycles. The van der Waals surface area contributed by atoms with Crippen LogP contribution in [-0.4, -0.2) is 48.5 Å². The molecule has 0 aromatic carbocycles. The maximum atomic E-state index is 6.17. The van der Waals surface area contributed by atoms with Crippen molar-refractivity contribution in [1.82, 2.24) is 10.3 Å². The largest absolute Gasteiger partial charge is 0.381 e. The number of anilines is 1. The zero-order valence-electron chi connectivity index (χ0n) is 15.1. The summed E-state index contributed by atoms with van der Waals surface area (Å²) in [6.07, 6.45) is 11.2. The topological polar surface area (TPSA) is 55.4 Å². The molecule has 1 unspecified atom stereocenters. The lowest BCUT2D eigenvalue weighted by Gasteiger charge is -2.44. The van der Waals surface area contributed by atoms with Gasteiger partial charge in [-0.25, -0.2) is 4.98 Å². The zero-order chi connectivity index (χ0) is 17.0. The minimum Gasteiger partial charge on any atom is -0.381 e. The lowest BCUT2D eigenvalue weighted by Crippen LogP contribution is -2.52. The molecular weight excluding hydrogens is 314 g/mol. The zero-order valence-corrected chi connectivity index (χ0v) is 15.1. The van der Waals surface area contributed by atoms with Crippen LogP contribution < -0.4 is 10.6 Å².